The molecule has 0 heterocycles. The number of allylic oxidation sites excluding steroid dienone is 1. The summed E-state index contributed by atoms with van der Waals surface area (Å²) in [7, 11) is 0. The molecule has 0 saturated heterocycles. The van der Waals surface area contributed by atoms with Crippen LogP contribution in [0, 0.1) is 20.2 Å². The average Bonchev–Trinajstić information content (AvgIpc) is 2.72. The van der Waals surface area contributed by atoms with Gasteiger partial charge in [-0.15, -0.1) is 0 Å². The molecule has 2 amide bonds. The van der Waals surface area contributed by atoms with E-state index in [9.17, 15) is 29.8 Å². The van der Waals surface area contributed by atoms with E-state index in [4.69, 9.17) is 0 Å². The zero-order valence-corrected chi connectivity index (χ0v) is 17.7. The van der Waals surface area contributed by atoms with Gasteiger partial charge in [-0.25, -0.2) is 0 Å². The molecule has 0 spiro atoms. The molecule has 0 unspecified atom stereocenters. The number of carbonyl (C=O) groups is 2. The first-order chi connectivity index (χ1) is 15.1. The largest absolute Gasteiger partial charge is 0.322 e. The number of hydrazine groups is 1. The van der Waals surface area contributed by atoms with Gasteiger partial charge in [-0.3, -0.25) is 35.2 Å². The quantitative estimate of drug-likeness (QED) is 0.306. The molecule has 2 rings (SSSR count). The molecule has 0 atom stereocenters. The van der Waals surface area contributed by atoms with Gasteiger partial charge in [0, 0.05) is 29.1 Å². The van der Waals surface area contributed by atoms with Crippen molar-refractivity contribution in [3.8, 4) is 0 Å². The maximum atomic E-state index is 12.1. The van der Waals surface area contributed by atoms with Crippen LogP contribution in [0.1, 0.15) is 37.8 Å². The van der Waals surface area contributed by atoms with Crippen LogP contribution in [0.3, 0.4) is 0 Å². The molecule has 32 heavy (non-hydrogen) atoms. The maximum Gasteiger partial charge on any atom is 0.279 e. The smallest absolute Gasteiger partial charge is 0.279 e. The van der Waals surface area contributed by atoms with Crippen LogP contribution in [0.25, 0.3) is 0 Å². The van der Waals surface area contributed by atoms with E-state index in [2.05, 4.69) is 30.0 Å². The molecular weight excluding hydrogens is 418 g/mol. The van der Waals surface area contributed by atoms with Gasteiger partial charge in [0.15, 0.2) is 0 Å². The summed E-state index contributed by atoms with van der Waals surface area (Å²) in [6.45, 7) is 5.69. The second-order valence-corrected chi connectivity index (χ2v) is 7.27. The van der Waals surface area contributed by atoms with Gasteiger partial charge < -0.3 is 10.7 Å². The summed E-state index contributed by atoms with van der Waals surface area (Å²) in [5, 5.41) is 24.6. The lowest BCUT2D eigenvalue weighted by Crippen LogP contribution is -2.37. The third kappa shape index (κ3) is 6.90. The average molecular weight is 441 g/mol. The third-order valence-electron chi connectivity index (χ3n) is 4.42. The standard InChI is InChI=1S/C21H23N5O6/c1-13(2)15-4-7-17(8-5-15)22-20(27)10-14(3)23-24-21(28)11-16-6-9-18(25(29)30)12-19(16)26(31)32/h4-10,12-13,23H,11H2,1-3H3,(H,22,27)(H,24,28). The van der Waals surface area contributed by atoms with E-state index in [0.29, 0.717) is 17.3 Å². The van der Waals surface area contributed by atoms with Gasteiger partial charge in [-0.2, -0.15) is 0 Å². The summed E-state index contributed by atoms with van der Waals surface area (Å²) in [6, 6.07) is 10.5. The summed E-state index contributed by atoms with van der Waals surface area (Å²) < 4.78 is 0. The van der Waals surface area contributed by atoms with Crippen molar-refractivity contribution in [3.63, 3.8) is 0 Å². The Morgan fingerprint density at radius 3 is 2.22 bits per heavy atom. The number of non-ortho nitro benzene ring substituents is 1. The SMILES string of the molecule is CC(=CC(=O)Nc1ccc(C(C)C)cc1)NNC(=O)Cc1ccc([N+](=O)[O-])cc1[N+](=O)[O-]. The van der Waals surface area contributed by atoms with Crippen LogP contribution in [0.4, 0.5) is 17.1 Å². The fourth-order valence-electron chi connectivity index (χ4n) is 2.73. The van der Waals surface area contributed by atoms with Gasteiger partial charge in [0.05, 0.1) is 22.3 Å². The zero-order valence-electron chi connectivity index (χ0n) is 17.7. The zero-order chi connectivity index (χ0) is 23.8. The second kappa shape index (κ2) is 10.7. The molecule has 0 aromatic heterocycles. The Bertz CT molecular complexity index is 1060. The van der Waals surface area contributed by atoms with Gasteiger partial charge in [-0.1, -0.05) is 26.0 Å². The minimum atomic E-state index is -0.785. The van der Waals surface area contributed by atoms with Crippen molar-refractivity contribution in [2.75, 3.05) is 5.32 Å². The first-order valence-electron chi connectivity index (χ1n) is 9.62. The van der Waals surface area contributed by atoms with Crippen LogP contribution in [0.15, 0.2) is 54.2 Å². The van der Waals surface area contributed by atoms with E-state index in [1.54, 1.807) is 19.1 Å². The van der Waals surface area contributed by atoms with E-state index in [1.165, 1.54) is 6.08 Å². The number of nitro benzene ring substituents is 2. The molecule has 0 saturated carbocycles. The minimum Gasteiger partial charge on any atom is -0.322 e. The van der Waals surface area contributed by atoms with Crippen molar-refractivity contribution in [2.24, 2.45) is 0 Å². The topological polar surface area (TPSA) is 157 Å². The number of benzene rings is 2. The van der Waals surface area contributed by atoms with E-state index in [0.717, 1.165) is 23.8 Å². The Morgan fingerprint density at radius 1 is 1.00 bits per heavy atom. The van der Waals surface area contributed by atoms with E-state index in [1.807, 2.05) is 12.1 Å². The number of nitrogens with one attached hydrogen (secondary N) is 3. The lowest BCUT2D eigenvalue weighted by molar-refractivity contribution is -0.394. The summed E-state index contributed by atoms with van der Waals surface area (Å²) in [6.07, 6.45) is 0.855. The number of carbonyl (C=O) groups excluding carboxylic acids is 2. The van der Waals surface area contributed by atoms with Crippen molar-refractivity contribution in [3.05, 3.63) is 85.6 Å². The van der Waals surface area contributed by atoms with Crippen molar-refractivity contribution in [1.82, 2.24) is 10.9 Å². The number of hydrogen-bond acceptors (Lipinski definition) is 7. The molecular formula is C21H23N5O6. The van der Waals surface area contributed by atoms with Crippen molar-refractivity contribution in [2.45, 2.75) is 33.1 Å². The van der Waals surface area contributed by atoms with Crippen LogP contribution >= 0.6 is 0 Å². The van der Waals surface area contributed by atoms with Crippen LogP contribution in [-0.4, -0.2) is 21.7 Å². The van der Waals surface area contributed by atoms with Crippen LogP contribution in [0.5, 0.6) is 0 Å². The first-order valence-corrected chi connectivity index (χ1v) is 9.62. The predicted octanol–water partition coefficient (Wildman–Crippen LogP) is 3.33. The molecule has 0 fully saturated rings. The van der Waals surface area contributed by atoms with E-state index < -0.39 is 33.0 Å². The van der Waals surface area contributed by atoms with Crippen molar-refractivity contribution >= 4 is 28.9 Å². The molecule has 0 radical (unpaired) electrons. The van der Waals surface area contributed by atoms with Crippen molar-refractivity contribution < 1.29 is 19.4 Å². The van der Waals surface area contributed by atoms with Gasteiger partial charge in [-0.05, 0) is 36.6 Å². The Morgan fingerprint density at radius 2 is 1.66 bits per heavy atom. The summed E-state index contributed by atoms with van der Waals surface area (Å²) in [5.74, 6) is -0.658. The molecule has 2 aromatic carbocycles. The monoisotopic (exact) mass is 441 g/mol. The second-order valence-electron chi connectivity index (χ2n) is 7.27. The van der Waals surface area contributed by atoms with Gasteiger partial charge in [0.1, 0.15) is 0 Å². The number of amides is 2. The summed E-state index contributed by atoms with van der Waals surface area (Å²) in [4.78, 5) is 44.6. The summed E-state index contributed by atoms with van der Waals surface area (Å²) in [5.41, 5.74) is 6.02. The van der Waals surface area contributed by atoms with Crippen LogP contribution < -0.4 is 16.2 Å². The molecule has 168 valence electrons. The van der Waals surface area contributed by atoms with Gasteiger partial charge in [0.25, 0.3) is 11.4 Å². The Hall–Kier alpha value is -4.28. The molecule has 2 aromatic rings. The Labute approximate surface area is 183 Å². The van der Waals surface area contributed by atoms with Crippen LogP contribution in [0.2, 0.25) is 0 Å². The lowest BCUT2D eigenvalue weighted by atomic mass is 10.0. The van der Waals surface area contributed by atoms with E-state index in [-0.39, 0.29) is 12.0 Å². The molecule has 11 nitrogen and oxygen atoms in total. The molecule has 0 aliphatic carbocycles. The molecule has 0 bridgehead atoms. The maximum absolute atomic E-state index is 12.1. The highest BCUT2D eigenvalue weighted by Gasteiger charge is 2.21. The Balaban J connectivity index is 1.93. The normalized spacial score (nSPS) is 11.1. The van der Waals surface area contributed by atoms with E-state index >= 15 is 0 Å². The van der Waals surface area contributed by atoms with Gasteiger partial charge >= 0.3 is 0 Å². The molecule has 3 N–H and O–H groups in total. The number of nitro groups is 2. The number of anilines is 1. The number of nitrogens with zero attached hydrogens (tertiary/aromatic N) is 2. The predicted molar refractivity (Wildman–Crippen MR) is 118 cm³/mol. The lowest BCUT2D eigenvalue weighted by Gasteiger charge is -2.10. The molecule has 11 heteroatoms. The van der Waals surface area contributed by atoms with Gasteiger partial charge in [0.2, 0.25) is 11.8 Å². The minimum absolute atomic E-state index is 0.0177. The molecule has 0 aliphatic rings. The highest BCUT2D eigenvalue weighted by molar-refractivity contribution is 5.99. The Kier molecular flexibility index (Phi) is 7.99. The highest BCUT2D eigenvalue weighted by Crippen LogP contribution is 2.25. The highest BCUT2D eigenvalue weighted by atomic mass is 16.6. The third-order valence-corrected chi connectivity index (χ3v) is 4.42. The first kappa shape index (κ1) is 24.0. The fraction of sp³-hybridized carbons (Fsp3) is 0.238. The molecule has 0 aliphatic heterocycles. The fourth-order valence-corrected chi connectivity index (χ4v) is 2.73. The number of hydrogen-bond donors (Lipinski definition) is 3. The van der Waals surface area contributed by atoms with Crippen LogP contribution in [-0.2, 0) is 16.0 Å². The number of rotatable bonds is 9. The van der Waals surface area contributed by atoms with Crippen molar-refractivity contribution in [1.29, 1.82) is 0 Å². The summed E-state index contributed by atoms with van der Waals surface area (Å²) >= 11 is 0.